The number of amides is 2. The molecule has 2 aliphatic heterocycles. The van der Waals surface area contributed by atoms with E-state index < -0.39 is 0 Å². The predicted octanol–water partition coefficient (Wildman–Crippen LogP) is 2.51. The van der Waals surface area contributed by atoms with E-state index in [2.05, 4.69) is 4.98 Å². The van der Waals surface area contributed by atoms with Gasteiger partial charge in [-0.1, -0.05) is 0 Å². The number of rotatable bonds is 2. The van der Waals surface area contributed by atoms with Crippen molar-refractivity contribution in [2.75, 3.05) is 26.2 Å². The smallest absolute Gasteiger partial charge is 0.270 e. The van der Waals surface area contributed by atoms with E-state index in [-0.39, 0.29) is 29.4 Å². The summed E-state index contributed by atoms with van der Waals surface area (Å²) in [5.74, 6) is 0.532. The predicted molar refractivity (Wildman–Crippen MR) is 103 cm³/mol. The highest BCUT2D eigenvalue weighted by atomic mass is 16.5. The Morgan fingerprint density at radius 2 is 1.74 bits per heavy atom. The first kappa shape index (κ1) is 18.5. The fourth-order valence-corrected chi connectivity index (χ4v) is 5.09. The Morgan fingerprint density at radius 1 is 1.11 bits per heavy atom. The second-order valence-electron chi connectivity index (χ2n) is 8.92. The van der Waals surface area contributed by atoms with Gasteiger partial charge in [0.2, 0.25) is 5.91 Å². The van der Waals surface area contributed by atoms with Crippen LogP contribution in [0.25, 0.3) is 0 Å². The Bertz CT molecular complexity index is 738. The number of nitrogens with one attached hydrogen (secondary N) is 1. The quantitative estimate of drug-likeness (QED) is 0.866. The minimum Gasteiger partial charge on any atom is -0.372 e. The number of carbonyl (C=O) groups is 2. The number of aryl methyl sites for hydroxylation is 2. The third kappa shape index (κ3) is 3.40. The molecule has 0 aromatic carbocycles. The van der Waals surface area contributed by atoms with Crippen molar-refractivity contribution in [1.82, 2.24) is 14.8 Å². The molecule has 1 saturated carbocycles. The number of ether oxygens (including phenoxy) is 1. The van der Waals surface area contributed by atoms with Crippen molar-refractivity contribution in [3.05, 3.63) is 23.0 Å². The van der Waals surface area contributed by atoms with Gasteiger partial charge in [0.15, 0.2) is 0 Å². The molecule has 27 heavy (non-hydrogen) atoms. The van der Waals surface area contributed by atoms with Crippen molar-refractivity contribution < 1.29 is 14.3 Å². The Labute approximate surface area is 161 Å². The lowest BCUT2D eigenvalue weighted by Gasteiger charge is -2.37. The van der Waals surface area contributed by atoms with Gasteiger partial charge in [-0.05, 0) is 64.0 Å². The molecule has 0 unspecified atom stereocenters. The normalized spacial score (nSPS) is 29.9. The van der Waals surface area contributed by atoms with Gasteiger partial charge in [-0.2, -0.15) is 0 Å². The molecule has 4 rings (SSSR count). The van der Waals surface area contributed by atoms with Gasteiger partial charge in [-0.15, -0.1) is 0 Å². The molecule has 2 amide bonds. The molecule has 2 saturated heterocycles. The number of morpholine rings is 1. The molecule has 0 bridgehead atoms. The molecule has 6 nitrogen and oxygen atoms in total. The van der Waals surface area contributed by atoms with Gasteiger partial charge in [0.05, 0.1) is 12.2 Å². The van der Waals surface area contributed by atoms with E-state index in [1.54, 1.807) is 0 Å². The number of hydrogen-bond acceptors (Lipinski definition) is 3. The summed E-state index contributed by atoms with van der Waals surface area (Å²) in [5, 5.41) is 0. The highest BCUT2D eigenvalue weighted by Crippen LogP contribution is 2.60. The summed E-state index contributed by atoms with van der Waals surface area (Å²) in [6.07, 6.45) is 3.07. The average Bonchev–Trinajstić information content (AvgIpc) is 3.19. The molecule has 3 aliphatic rings. The van der Waals surface area contributed by atoms with Crippen LogP contribution in [0.5, 0.6) is 0 Å². The molecule has 1 N–H and O–H groups in total. The molecule has 1 aromatic rings. The largest absolute Gasteiger partial charge is 0.372 e. The first-order chi connectivity index (χ1) is 12.8. The maximum atomic E-state index is 13.0. The minimum absolute atomic E-state index is 0.0924. The highest BCUT2D eigenvalue weighted by Gasteiger charge is 2.59. The van der Waals surface area contributed by atoms with Gasteiger partial charge >= 0.3 is 0 Å². The van der Waals surface area contributed by atoms with Gasteiger partial charge in [0, 0.05) is 37.8 Å². The standard InChI is InChI=1S/C21H31N3O3/c1-13-9-14(2)22-18(13)20(26)23-7-5-21(6-8-23)10-17(21)19(25)24-11-15(3)27-16(4)12-24/h9,15-17,22H,5-8,10-12H2,1-4H3/t15-,16+,17-/m0/s1. The number of likely N-dealkylation sites (tertiary alicyclic amines) is 1. The van der Waals surface area contributed by atoms with Gasteiger partial charge in [0.1, 0.15) is 5.69 Å². The van der Waals surface area contributed by atoms with Crippen LogP contribution in [0.2, 0.25) is 0 Å². The number of hydrogen-bond donors (Lipinski definition) is 1. The van der Waals surface area contributed by atoms with Gasteiger partial charge in [-0.25, -0.2) is 0 Å². The number of nitrogens with zero attached hydrogens (tertiary/aromatic N) is 2. The molecule has 1 spiro atoms. The topological polar surface area (TPSA) is 65.6 Å². The molecular weight excluding hydrogens is 342 g/mol. The molecule has 0 radical (unpaired) electrons. The summed E-state index contributed by atoms with van der Waals surface area (Å²) in [7, 11) is 0. The summed E-state index contributed by atoms with van der Waals surface area (Å²) >= 11 is 0. The fraction of sp³-hybridized carbons (Fsp3) is 0.714. The number of piperidine rings is 1. The van der Waals surface area contributed by atoms with E-state index >= 15 is 0 Å². The summed E-state index contributed by atoms with van der Waals surface area (Å²) in [4.78, 5) is 32.9. The third-order valence-electron chi connectivity index (χ3n) is 6.63. The number of aromatic nitrogens is 1. The number of carbonyl (C=O) groups excluding carboxylic acids is 2. The Kier molecular flexibility index (Phi) is 4.57. The SMILES string of the molecule is Cc1cc(C)c(C(=O)N2CCC3(CC2)C[C@H]3C(=O)N2C[C@@H](C)O[C@@H](C)C2)[nH]1. The fourth-order valence-electron chi connectivity index (χ4n) is 5.09. The molecule has 3 atom stereocenters. The van der Waals surface area contributed by atoms with Crippen molar-refractivity contribution in [3.8, 4) is 0 Å². The monoisotopic (exact) mass is 373 g/mol. The summed E-state index contributed by atoms with van der Waals surface area (Å²) in [5.41, 5.74) is 2.86. The first-order valence-electron chi connectivity index (χ1n) is 10.2. The number of H-pyrrole nitrogens is 1. The molecule has 3 heterocycles. The molecule has 3 fully saturated rings. The molecular formula is C21H31N3O3. The zero-order valence-corrected chi connectivity index (χ0v) is 16.9. The first-order valence-corrected chi connectivity index (χ1v) is 10.2. The van der Waals surface area contributed by atoms with Crippen LogP contribution in [0.4, 0.5) is 0 Å². The summed E-state index contributed by atoms with van der Waals surface area (Å²) in [6, 6.07) is 2.01. The lowest BCUT2D eigenvalue weighted by atomic mass is 9.90. The van der Waals surface area contributed by atoms with Crippen molar-refractivity contribution in [3.63, 3.8) is 0 Å². The van der Waals surface area contributed by atoms with E-state index in [1.165, 1.54) is 0 Å². The molecule has 1 aromatic heterocycles. The second kappa shape index (κ2) is 6.66. The van der Waals surface area contributed by atoms with Crippen LogP contribution in [-0.4, -0.2) is 65.0 Å². The lowest BCUT2D eigenvalue weighted by Crippen LogP contribution is -2.49. The van der Waals surface area contributed by atoms with Gasteiger partial charge < -0.3 is 19.5 Å². The Morgan fingerprint density at radius 3 is 2.30 bits per heavy atom. The zero-order chi connectivity index (χ0) is 19.3. The van der Waals surface area contributed by atoms with Crippen molar-refractivity contribution >= 4 is 11.8 Å². The maximum absolute atomic E-state index is 13.0. The number of aromatic amines is 1. The van der Waals surface area contributed by atoms with E-state index in [9.17, 15) is 9.59 Å². The third-order valence-corrected chi connectivity index (χ3v) is 6.63. The van der Waals surface area contributed by atoms with E-state index in [0.717, 1.165) is 43.6 Å². The molecule has 6 heteroatoms. The summed E-state index contributed by atoms with van der Waals surface area (Å²) in [6.45, 7) is 10.9. The van der Waals surface area contributed by atoms with Gasteiger partial charge in [-0.3, -0.25) is 9.59 Å². The Hall–Kier alpha value is -1.82. The van der Waals surface area contributed by atoms with E-state index in [4.69, 9.17) is 4.74 Å². The maximum Gasteiger partial charge on any atom is 0.270 e. The van der Waals surface area contributed by atoms with Crippen LogP contribution in [0, 0.1) is 25.2 Å². The van der Waals surface area contributed by atoms with Crippen LogP contribution >= 0.6 is 0 Å². The van der Waals surface area contributed by atoms with Gasteiger partial charge in [0.25, 0.3) is 5.91 Å². The van der Waals surface area contributed by atoms with Crippen molar-refractivity contribution in [2.24, 2.45) is 11.3 Å². The highest BCUT2D eigenvalue weighted by molar-refractivity contribution is 5.94. The van der Waals surface area contributed by atoms with Crippen LogP contribution in [0.3, 0.4) is 0 Å². The minimum atomic E-state index is 0.0924. The summed E-state index contributed by atoms with van der Waals surface area (Å²) < 4.78 is 5.76. The lowest BCUT2D eigenvalue weighted by molar-refractivity contribution is -0.145. The van der Waals surface area contributed by atoms with E-state index in [1.807, 2.05) is 43.6 Å². The van der Waals surface area contributed by atoms with Crippen molar-refractivity contribution in [2.45, 2.75) is 59.2 Å². The zero-order valence-electron chi connectivity index (χ0n) is 16.9. The van der Waals surface area contributed by atoms with Crippen LogP contribution in [-0.2, 0) is 9.53 Å². The van der Waals surface area contributed by atoms with E-state index in [0.29, 0.717) is 24.7 Å². The van der Waals surface area contributed by atoms with Crippen LogP contribution in [0.1, 0.15) is 54.9 Å². The van der Waals surface area contributed by atoms with Crippen LogP contribution < -0.4 is 0 Å². The molecule has 148 valence electrons. The molecule has 1 aliphatic carbocycles. The second-order valence-corrected chi connectivity index (χ2v) is 8.92. The van der Waals surface area contributed by atoms with Crippen molar-refractivity contribution in [1.29, 1.82) is 0 Å². The Balaban J connectivity index is 1.35. The van der Waals surface area contributed by atoms with Crippen LogP contribution in [0.15, 0.2) is 6.07 Å². The average molecular weight is 373 g/mol.